The van der Waals surface area contributed by atoms with Crippen molar-refractivity contribution in [3.05, 3.63) is 29.8 Å². The van der Waals surface area contributed by atoms with Crippen molar-refractivity contribution >= 4 is 12.0 Å². The van der Waals surface area contributed by atoms with Gasteiger partial charge in [0.15, 0.2) is 0 Å². The molecule has 5 heteroatoms. The SMILES string of the molecule is CC(CC=O)Nc1ccccc1C(F)(F)F. The average Bonchev–Trinajstić information content (AvgIpc) is 2.17. The molecule has 88 valence electrons. The van der Waals surface area contributed by atoms with E-state index in [2.05, 4.69) is 5.32 Å². The van der Waals surface area contributed by atoms with Crippen LogP contribution in [0.15, 0.2) is 24.3 Å². The van der Waals surface area contributed by atoms with E-state index in [1.54, 1.807) is 6.92 Å². The van der Waals surface area contributed by atoms with Crippen LogP contribution >= 0.6 is 0 Å². The van der Waals surface area contributed by atoms with Gasteiger partial charge < -0.3 is 10.1 Å². The van der Waals surface area contributed by atoms with Gasteiger partial charge in [-0.2, -0.15) is 13.2 Å². The summed E-state index contributed by atoms with van der Waals surface area (Å²) in [6.45, 7) is 1.65. The third-order valence-electron chi connectivity index (χ3n) is 2.08. The van der Waals surface area contributed by atoms with E-state index >= 15 is 0 Å². The van der Waals surface area contributed by atoms with E-state index in [0.717, 1.165) is 6.07 Å². The summed E-state index contributed by atoms with van der Waals surface area (Å²) in [6.07, 6.45) is -3.54. The van der Waals surface area contributed by atoms with Crippen molar-refractivity contribution in [2.75, 3.05) is 5.32 Å². The Balaban J connectivity index is 2.91. The summed E-state index contributed by atoms with van der Waals surface area (Å²) < 4.78 is 37.7. The minimum Gasteiger partial charge on any atom is -0.382 e. The fourth-order valence-corrected chi connectivity index (χ4v) is 1.32. The molecule has 0 aromatic heterocycles. The summed E-state index contributed by atoms with van der Waals surface area (Å²) in [6, 6.07) is 4.89. The molecule has 0 aliphatic heterocycles. The molecule has 2 nitrogen and oxygen atoms in total. The summed E-state index contributed by atoms with van der Waals surface area (Å²) in [5, 5.41) is 2.67. The molecule has 1 aromatic rings. The first-order valence-corrected chi connectivity index (χ1v) is 4.81. The lowest BCUT2D eigenvalue weighted by Crippen LogP contribution is -2.18. The number of rotatable bonds is 4. The van der Waals surface area contributed by atoms with Crippen molar-refractivity contribution in [3.63, 3.8) is 0 Å². The van der Waals surface area contributed by atoms with Gasteiger partial charge in [0.05, 0.1) is 5.56 Å². The number of hydrogen-bond acceptors (Lipinski definition) is 2. The highest BCUT2D eigenvalue weighted by Crippen LogP contribution is 2.34. The normalized spacial score (nSPS) is 13.2. The Kier molecular flexibility index (Phi) is 3.93. The van der Waals surface area contributed by atoms with E-state index in [4.69, 9.17) is 0 Å². The van der Waals surface area contributed by atoms with Crippen molar-refractivity contribution in [1.82, 2.24) is 0 Å². The van der Waals surface area contributed by atoms with Crippen molar-refractivity contribution in [2.24, 2.45) is 0 Å². The van der Waals surface area contributed by atoms with Crippen LogP contribution in [0.5, 0.6) is 0 Å². The summed E-state index contributed by atoms with van der Waals surface area (Å²) in [4.78, 5) is 10.2. The van der Waals surface area contributed by atoms with Crippen LogP contribution in [-0.4, -0.2) is 12.3 Å². The molecule has 0 bridgehead atoms. The second-order valence-electron chi connectivity index (χ2n) is 3.49. The zero-order valence-corrected chi connectivity index (χ0v) is 8.71. The van der Waals surface area contributed by atoms with Crippen molar-refractivity contribution in [1.29, 1.82) is 0 Å². The molecular weight excluding hydrogens is 219 g/mol. The number of anilines is 1. The lowest BCUT2D eigenvalue weighted by atomic mass is 10.1. The molecule has 0 aliphatic rings. The Hall–Kier alpha value is -1.52. The molecule has 1 N–H and O–H groups in total. The van der Waals surface area contributed by atoms with Gasteiger partial charge in [-0.25, -0.2) is 0 Å². The van der Waals surface area contributed by atoms with Crippen LogP contribution in [0.1, 0.15) is 18.9 Å². The number of carbonyl (C=O) groups excluding carboxylic acids is 1. The van der Waals surface area contributed by atoms with Crippen LogP contribution in [0.4, 0.5) is 18.9 Å². The van der Waals surface area contributed by atoms with Crippen molar-refractivity contribution in [3.8, 4) is 0 Å². The first-order chi connectivity index (χ1) is 7.45. The van der Waals surface area contributed by atoms with Gasteiger partial charge in [-0.1, -0.05) is 12.1 Å². The molecule has 0 amide bonds. The second-order valence-corrected chi connectivity index (χ2v) is 3.49. The highest BCUT2D eigenvalue weighted by atomic mass is 19.4. The number of benzene rings is 1. The topological polar surface area (TPSA) is 29.1 Å². The fraction of sp³-hybridized carbons (Fsp3) is 0.364. The van der Waals surface area contributed by atoms with Gasteiger partial charge in [0.25, 0.3) is 0 Å². The molecule has 0 saturated heterocycles. The van der Waals surface area contributed by atoms with E-state index in [1.165, 1.54) is 18.2 Å². The molecule has 1 atom stereocenters. The third-order valence-corrected chi connectivity index (χ3v) is 2.08. The first-order valence-electron chi connectivity index (χ1n) is 4.81. The highest BCUT2D eigenvalue weighted by Gasteiger charge is 2.33. The third kappa shape index (κ3) is 3.25. The van der Waals surface area contributed by atoms with Crippen LogP contribution < -0.4 is 5.32 Å². The summed E-state index contributed by atoms with van der Waals surface area (Å²) >= 11 is 0. The summed E-state index contributed by atoms with van der Waals surface area (Å²) in [5.41, 5.74) is -0.711. The molecule has 16 heavy (non-hydrogen) atoms. The van der Waals surface area contributed by atoms with Gasteiger partial charge in [0, 0.05) is 18.2 Å². The van der Waals surface area contributed by atoms with Crippen LogP contribution in [0.2, 0.25) is 0 Å². The standard InChI is InChI=1S/C11H12F3NO/c1-8(6-7-16)15-10-5-3-2-4-9(10)11(12,13)14/h2-5,7-8,15H,6H2,1H3. The maximum Gasteiger partial charge on any atom is 0.418 e. The van der Waals surface area contributed by atoms with Gasteiger partial charge in [0.1, 0.15) is 6.29 Å². The predicted molar refractivity (Wildman–Crippen MR) is 55.2 cm³/mol. The van der Waals surface area contributed by atoms with Crippen LogP contribution in [0.3, 0.4) is 0 Å². The Morgan fingerprint density at radius 1 is 1.38 bits per heavy atom. The Morgan fingerprint density at radius 2 is 2.00 bits per heavy atom. The van der Waals surface area contributed by atoms with E-state index in [0.29, 0.717) is 6.29 Å². The predicted octanol–water partition coefficient (Wildman–Crippen LogP) is 3.09. The minimum absolute atomic E-state index is 0.00403. The number of para-hydroxylation sites is 1. The molecule has 1 rings (SSSR count). The lowest BCUT2D eigenvalue weighted by Gasteiger charge is -2.17. The Bertz CT molecular complexity index is 362. The second kappa shape index (κ2) is 5.01. The monoisotopic (exact) mass is 231 g/mol. The number of alkyl halides is 3. The van der Waals surface area contributed by atoms with E-state index in [1.807, 2.05) is 0 Å². The number of nitrogens with one attached hydrogen (secondary N) is 1. The summed E-state index contributed by atoms with van der Waals surface area (Å²) in [5.74, 6) is 0. The number of carbonyl (C=O) groups is 1. The summed E-state index contributed by atoms with van der Waals surface area (Å²) in [7, 11) is 0. The van der Waals surface area contributed by atoms with Crippen LogP contribution in [0.25, 0.3) is 0 Å². The molecule has 1 aromatic carbocycles. The van der Waals surface area contributed by atoms with E-state index in [-0.39, 0.29) is 18.2 Å². The number of hydrogen-bond donors (Lipinski definition) is 1. The fourth-order valence-electron chi connectivity index (χ4n) is 1.32. The van der Waals surface area contributed by atoms with Gasteiger partial charge in [-0.05, 0) is 19.1 Å². The van der Waals surface area contributed by atoms with Gasteiger partial charge in [-0.3, -0.25) is 0 Å². The zero-order valence-electron chi connectivity index (χ0n) is 8.71. The zero-order chi connectivity index (χ0) is 12.2. The Labute approximate surface area is 91.5 Å². The van der Waals surface area contributed by atoms with Crippen molar-refractivity contribution in [2.45, 2.75) is 25.6 Å². The van der Waals surface area contributed by atoms with Gasteiger partial charge in [0.2, 0.25) is 0 Å². The quantitative estimate of drug-likeness (QED) is 0.807. The molecule has 0 spiro atoms. The minimum atomic E-state index is -4.38. The first kappa shape index (κ1) is 12.5. The molecule has 0 heterocycles. The molecule has 0 aliphatic carbocycles. The van der Waals surface area contributed by atoms with Gasteiger partial charge >= 0.3 is 6.18 Å². The highest BCUT2D eigenvalue weighted by molar-refractivity contribution is 5.56. The molecule has 0 saturated carbocycles. The van der Waals surface area contributed by atoms with E-state index in [9.17, 15) is 18.0 Å². The van der Waals surface area contributed by atoms with Gasteiger partial charge in [-0.15, -0.1) is 0 Å². The van der Waals surface area contributed by atoms with Crippen molar-refractivity contribution < 1.29 is 18.0 Å². The average molecular weight is 231 g/mol. The largest absolute Gasteiger partial charge is 0.418 e. The maximum absolute atomic E-state index is 12.6. The smallest absolute Gasteiger partial charge is 0.382 e. The Morgan fingerprint density at radius 3 is 2.56 bits per heavy atom. The maximum atomic E-state index is 12.6. The van der Waals surface area contributed by atoms with Crippen LogP contribution in [-0.2, 0) is 11.0 Å². The molecule has 1 unspecified atom stereocenters. The number of aldehydes is 1. The van der Waals surface area contributed by atoms with E-state index < -0.39 is 11.7 Å². The number of halogens is 3. The van der Waals surface area contributed by atoms with Crippen LogP contribution in [0, 0.1) is 0 Å². The molecular formula is C11H12F3NO. The molecule has 0 fully saturated rings. The lowest BCUT2D eigenvalue weighted by molar-refractivity contribution is -0.137. The molecule has 0 radical (unpaired) electrons.